The van der Waals surface area contributed by atoms with Crippen LogP contribution in [0.15, 0.2) is 16.5 Å². The molecule has 5 heteroatoms. The van der Waals surface area contributed by atoms with Crippen LogP contribution in [0.25, 0.3) is 11.1 Å². The van der Waals surface area contributed by atoms with Gasteiger partial charge in [-0.2, -0.15) is 0 Å². The predicted molar refractivity (Wildman–Crippen MR) is 68.4 cm³/mol. The van der Waals surface area contributed by atoms with E-state index in [-0.39, 0.29) is 10.4 Å². The zero-order chi connectivity index (χ0) is 12.8. The van der Waals surface area contributed by atoms with Crippen LogP contribution in [0, 0.1) is 5.82 Å². The summed E-state index contributed by atoms with van der Waals surface area (Å²) in [6.45, 7) is 4.03. The fraction of sp³-hybridized carbons (Fsp3) is 0.462. The molecule has 1 fully saturated rings. The van der Waals surface area contributed by atoms with E-state index in [9.17, 15) is 4.39 Å². The molecule has 1 aromatic carbocycles. The number of hydrogen-bond donors (Lipinski definition) is 1. The molecule has 96 valence electrons. The van der Waals surface area contributed by atoms with E-state index in [1.807, 2.05) is 0 Å². The number of aromatic nitrogens is 1. The Morgan fingerprint density at radius 3 is 2.83 bits per heavy atom. The first kappa shape index (κ1) is 11.9. The van der Waals surface area contributed by atoms with E-state index in [4.69, 9.17) is 16.0 Å². The molecule has 0 spiro atoms. The Bertz CT molecular complexity index is 551. The van der Waals surface area contributed by atoms with Crippen molar-refractivity contribution in [2.45, 2.75) is 25.2 Å². The van der Waals surface area contributed by atoms with E-state index >= 15 is 0 Å². The van der Waals surface area contributed by atoms with E-state index in [1.54, 1.807) is 0 Å². The lowest BCUT2D eigenvalue weighted by atomic mass is 9.81. The molecule has 0 bridgehead atoms. The molecule has 1 aliphatic rings. The molecular formula is C13H14ClFN2O. The smallest absolute Gasteiger partial charge is 0.201 e. The average molecular weight is 269 g/mol. The number of halogens is 2. The molecule has 1 N–H and O–H groups in total. The number of piperidine rings is 1. The van der Waals surface area contributed by atoms with E-state index in [1.165, 1.54) is 12.1 Å². The Morgan fingerprint density at radius 2 is 2.11 bits per heavy atom. The van der Waals surface area contributed by atoms with Gasteiger partial charge in [-0.25, -0.2) is 9.37 Å². The molecule has 0 aliphatic carbocycles. The maximum atomic E-state index is 13.4. The number of oxazole rings is 1. The van der Waals surface area contributed by atoms with Crippen LogP contribution in [0.5, 0.6) is 0 Å². The van der Waals surface area contributed by atoms with Gasteiger partial charge in [0, 0.05) is 11.5 Å². The molecule has 3 nitrogen and oxygen atoms in total. The lowest BCUT2D eigenvalue weighted by Crippen LogP contribution is -2.37. The van der Waals surface area contributed by atoms with E-state index in [0.717, 1.165) is 25.9 Å². The van der Waals surface area contributed by atoms with Crippen molar-refractivity contribution in [3.8, 4) is 0 Å². The second kappa shape index (κ2) is 4.21. The molecule has 2 heterocycles. The van der Waals surface area contributed by atoms with Gasteiger partial charge in [0.05, 0.1) is 5.02 Å². The highest BCUT2D eigenvalue weighted by atomic mass is 35.5. The molecule has 0 saturated carbocycles. The molecule has 2 aromatic rings. The second-order valence-corrected chi connectivity index (χ2v) is 5.47. The maximum absolute atomic E-state index is 13.4. The Kier molecular flexibility index (Phi) is 2.79. The second-order valence-electron chi connectivity index (χ2n) is 5.06. The van der Waals surface area contributed by atoms with Crippen molar-refractivity contribution in [1.82, 2.24) is 10.3 Å². The van der Waals surface area contributed by atoms with Crippen LogP contribution in [0.3, 0.4) is 0 Å². The minimum Gasteiger partial charge on any atom is -0.440 e. The van der Waals surface area contributed by atoms with Crippen molar-refractivity contribution >= 4 is 22.7 Å². The van der Waals surface area contributed by atoms with Gasteiger partial charge < -0.3 is 9.73 Å². The van der Waals surface area contributed by atoms with E-state index in [0.29, 0.717) is 17.0 Å². The molecule has 0 amide bonds. The number of benzene rings is 1. The molecule has 3 rings (SSSR count). The highest BCUT2D eigenvalue weighted by molar-refractivity contribution is 6.31. The van der Waals surface area contributed by atoms with Crippen LogP contribution >= 0.6 is 11.6 Å². The summed E-state index contributed by atoms with van der Waals surface area (Å²) in [6.07, 6.45) is 1.94. The summed E-state index contributed by atoms with van der Waals surface area (Å²) in [5.41, 5.74) is 1.01. The third-order valence-corrected chi connectivity index (χ3v) is 3.94. The van der Waals surface area contributed by atoms with Crippen molar-refractivity contribution in [1.29, 1.82) is 0 Å². The quantitative estimate of drug-likeness (QED) is 0.863. The first-order chi connectivity index (χ1) is 8.58. The number of hydrogen-bond acceptors (Lipinski definition) is 3. The van der Waals surface area contributed by atoms with Crippen molar-refractivity contribution in [3.63, 3.8) is 0 Å². The largest absolute Gasteiger partial charge is 0.440 e. The summed E-state index contributed by atoms with van der Waals surface area (Å²) in [5.74, 6) is 0.211. The number of nitrogens with one attached hydrogen (secondary N) is 1. The van der Waals surface area contributed by atoms with Crippen LogP contribution in [0.4, 0.5) is 4.39 Å². The summed E-state index contributed by atoms with van der Waals surface area (Å²) < 4.78 is 19.1. The maximum Gasteiger partial charge on any atom is 0.201 e. The van der Waals surface area contributed by atoms with Crippen molar-refractivity contribution in [3.05, 3.63) is 28.9 Å². The minimum atomic E-state index is -0.470. The Labute approximate surface area is 109 Å². The molecule has 18 heavy (non-hydrogen) atoms. The lowest BCUT2D eigenvalue weighted by molar-refractivity contribution is 0.275. The fourth-order valence-electron chi connectivity index (χ4n) is 2.37. The molecule has 1 saturated heterocycles. The highest BCUT2D eigenvalue weighted by Gasteiger charge is 2.33. The molecule has 1 aromatic heterocycles. The predicted octanol–water partition coefficient (Wildman–Crippen LogP) is 3.26. The molecular weight excluding hydrogens is 255 g/mol. The van der Waals surface area contributed by atoms with Crippen LogP contribution in [0.1, 0.15) is 25.7 Å². The third kappa shape index (κ3) is 1.89. The summed E-state index contributed by atoms with van der Waals surface area (Å²) in [5, 5.41) is 3.39. The van der Waals surface area contributed by atoms with Crippen molar-refractivity contribution < 1.29 is 8.81 Å². The SMILES string of the molecule is CC1(c2nc3cc(Cl)c(F)cc3o2)CCNCC1. The molecule has 0 radical (unpaired) electrons. The van der Waals surface area contributed by atoms with E-state index in [2.05, 4.69) is 17.2 Å². The summed E-state index contributed by atoms with van der Waals surface area (Å²) in [6, 6.07) is 2.82. The van der Waals surface area contributed by atoms with Crippen molar-refractivity contribution in [2.24, 2.45) is 0 Å². The van der Waals surface area contributed by atoms with Gasteiger partial charge in [0.15, 0.2) is 5.58 Å². The van der Waals surface area contributed by atoms with Gasteiger partial charge in [-0.05, 0) is 32.0 Å². The highest BCUT2D eigenvalue weighted by Crippen LogP contribution is 2.35. The van der Waals surface area contributed by atoms with Crippen LogP contribution in [-0.4, -0.2) is 18.1 Å². The molecule has 0 unspecified atom stereocenters. The van der Waals surface area contributed by atoms with Gasteiger partial charge in [0.25, 0.3) is 0 Å². The Morgan fingerprint density at radius 1 is 1.39 bits per heavy atom. The zero-order valence-electron chi connectivity index (χ0n) is 10.1. The summed E-state index contributed by atoms with van der Waals surface area (Å²) in [7, 11) is 0. The lowest BCUT2D eigenvalue weighted by Gasteiger charge is -2.30. The minimum absolute atomic E-state index is 0.0762. The topological polar surface area (TPSA) is 38.1 Å². The number of fused-ring (bicyclic) bond motifs is 1. The summed E-state index contributed by atoms with van der Waals surface area (Å²) >= 11 is 5.75. The standard InChI is InChI=1S/C13H14ClFN2O/c1-13(2-4-16-5-3-13)12-17-10-6-8(14)9(15)7-11(10)18-12/h6-7,16H,2-5H2,1H3. The third-order valence-electron chi connectivity index (χ3n) is 3.65. The molecule has 1 aliphatic heterocycles. The van der Waals surface area contributed by atoms with Gasteiger partial charge >= 0.3 is 0 Å². The average Bonchev–Trinajstić information content (AvgIpc) is 2.74. The Hall–Kier alpha value is -1.13. The molecule has 0 atom stereocenters. The fourth-order valence-corrected chi connectivity index (χ4v) is 2.53. The van der Waals surface area contributed by atoms with Crippen molar-refractivity contribution in [2.75, 3.05) is 13.1 Å². The van der Waals surface area contributed by atoms with Crippen LogP contribution in [-0.2, 0) is 5.41 Å². The normalized spacial score (nSPS) is 19.3. The van der Waals surface area contributed by atoms with E-state index < -0.39 is 5.82 Å². The first-order valence-electron chi connectivity index (χ1n) is 6.05. The number of nitrogens with zero attached hydrogens (tertiary/aromatic N) is 1. The summed E-state index contributed by atoms with van der Waals surface area (Å²) in [4.78, 5) is 4.46. The van der Waals surface area contributed by atoms with Gasteiger partial charge in [0.1, 0.15) is 11.3 Å². The van der Waals surface area contributed by atoms with Crippen LogP contribution in [0.2, 0.25) is 5.02 Å². The Balaban J connectivity index is 2.07. The number of rotatable bonds is 1. The van der Waals surface area contributed by atoms with Gasteiger partial charge in [-0.15, -0.1) is 0 Å². The monoisotopic (exact) mass is 268 g/mol. The first-order valence-corrected chi connectivity index (χ1v) is 6.43. The zero-order valence-corrected chi connectivity index (χ0v) is 10.9. The van der Waals surface area contributed by atoms with Gasteiger partial charge in [-0.3, -0.25) is 0 Å². The van der Waals surface area contributed by atoms with Gasteiger partial charge in [0.2, 0.25) is 5.89 Å². The van der Waals surface area contributed by atoms with Gasteiger partial charge in [-0.1, -0.05) is 18.5 Å². The van der Waals surface area contributed by atoms with Crippen LogP contribution < -0.4 is 5.32 Å².